The Hall–Kier alpha value is -1.36. The van der Waals surface area contributed by atoms with E-state index in [2.05, 4.69) is 55.3 Å². The van der Waals surface area contributed by atoms with Gasteiger partial charge in [-0.15, -0.1) is 0 Å². The van der Waals surface area contributed by atoms with Gasteiger partial charge < -0.3 is 10.7 Å². The Morgan fingerprint density at radius 1 is 1.11 bits per heavy atom. The minimum absolute atomic E-state index is 0.0649. The van der Waals surface area contributed by atoms with Crippen LogP contribution in [0.4, 0.5) is 11.6 Å². The minimum atomic E-state index is -0.104. The van der Waals surface area contributed by atoms with Gasteiger partial charge in [-0.3, -0.25) is 0 Å². The number of anilines is 2. The molecule has 0 aliphatic heterocycles. The van der Waals surface area contributed by atoms with Crippen LogP contribution in [0, 0.1) is 5.92 Å². The summed E-state index contributed by atoms with van der Waals surface area (Å²) in [7, 11) is 0. The van der Waals surface area contributed by atoms with Crippen LogP contribution in [-0.2, 0) is 5.41 Å². The summed E-state index contributed by atoms with van der Waals surface area (Å²) in [4.78, 5) is 9.06. The fraction of sp³-hybridized carbons (Fsp3) is 0.714. The predicted molar refractivity (Wildman–Crippen MR) is 79.0 cm³/mol. The standard InChI is InChI=1S/C14H25N5/c1-13(2,3)12-16-10(8-11(17-12)19-15)18-14(4,5)9-6-7-9/h8-9H,6-7,15H2,1-5H3,(H2,16,17,18,19). The Bertz CT molecular complexity index is 457. The normalized spacial score (nSPS) is 16.3. The molecule has 2 rings (SSSR count). The van der Waals surface area contributed by atoms with Crippen LogP contribution >= 0.6 is 0 Å². The van der Waals surface area contributed by atoms with E-state index >= 15 is 0 Å². The van der Waals surface area contributed by atoms with Gasteiger partial charge in [0.15, 0.2) is 0 Å². The van der Waals surface area contributed by atoms with Gasteiger partial charge in [-0.05, 0) is 32.6 Å². The molecule has 0 saturated heterocycles. The van der Waals surface area contributed by atoms with E-state index in [1.165, 1.54) is 12.8 Å². The number of hydrogen-bond donors (Lipinski definition) is 3. The zero-order chi connectivity index (χ0) is 14.3. The van der Waals surface area contributed by atoms with E-state index in [9.17, 15) is 0 Å². The van der Waals surface area contributed by atoms with Gasteiger partial charge in [-0.2, -0.15) is 0 Å². The van der Waals surface area contributed by atoms with Crippen molar-refractivity contribution >= 4 is 11.6 Å². The lowest BCUT2D eigenvalue weighted by Crippen LogP contribution is -2.34. The lowest BCUT2D eigenvalue weighted by molar-refractivity contribution is 0.489. The van der Waals surface area contributed by atoms with Gasteiger partial charge in [0.1, 0.15) is 17.5 Å². The lowest BCUT2D eigenvalue weighted by Gasteiger charge is -2.28. The molecule has 5 heteroatoms. The van der Waals surface area contributed by atoms with Crippen molar-refractivity contribution in [2.24, 2.45) is 11.8 Å². The summed E-state index contributed by atoms with van der Waals surface area (Å²) in [6.07, 6.45) is 2.58. The zero-order valence-corrected chi connectivity index (χ0v) is 12.5. The molecular formula is C14H25N5. The Balaban J connectivity index is 2.29. The molecule has 0 radical (unpaired) electrons. The molecule has 106 valence electrons. The highest BCUT2D eigenvalue weighted by Gasteiger charge is 2.38. The van der Waals surface area contributed by atoms with E-state index in [4.69, 9.17) is 5.84 Å². The first-order valence-electron chi connectivity index (χ1n) is 6.87. The van der Waals surface area contributed by atoms with Crippen LogP contribution in [0.1, 0.15) is 53.3 Å². The molecule has 5 nitrogen and oxygen atoms in total. The number of nitrogens with one attached hydrogen (secondary N) is 2. The summed E-state index contributed by atoms with van der Waals surface area (Å²) in [5, 5.41) is 3.52. The first kappa shape index (κ1) is 14.1. The summed E-state index contributed by atoms with van der Waals surface area (Å²) >= 11 is 0. The van der Waals surface area contributed by atoms with Gasteiger partial charge in [0.05, 0.1) is 0 Å². The van der Waals surface area contributed by atoms with E-state index in [0.29, 0.717) is 5.82 Å². The van der Waals surface area contributed by atoms with Crippen molar-refractivity contribution in [3.05, 3.63) is 11.9 Å². The molecule has 1 heterocycles. The molecule has 0 unspecified atom stereocenters. The maximum Gasteiger partial charge on any atom is 0.145 e. The number of hydrogen-bond acceptors (Lipinski definition) is 5. The first-order valence-corrected chi connectivity index (χ1v) is 6.87. The van der Waals surface area contributed by atoms with Gasteiger partial charge in [0.2, 0.25) is 0 Å². The molecule has 0 bridgehead atoms. The van der Waals surface area contributed by atoms with E-state index in [1.54, 1.807) is 0 Å². The fourth-order valence-electron chi connectivity index (χ4n) is 2.16. The van der Waals surface area contributed by atoms with Crippen molar-refractivity contribution in [1.82, 2.24) is 9.97 Å². The number of nitrogens with zero attached hydrogens (tertiary/aromatic N) is 2. The minimum Gasteiger partial charge on any atom is -0.365 e. The molecule has 0 amide bonds. The van der Waals surface area contributed by atoms with Crippen LogP contribution in [0.3, 0.4) is 0 Å². The highest BCUT2D eigenvalue weighted by Crippen LogP contribution is 2.41. The zero-order valence-electron chi connectivity index (χ0n) is 12.5. The molecule has 0 spiro atoms. The quantitative estimate of drug-likeness (QED) is 0.575. The average molecular weight is 263 g/mol. The monoisotopic (exact) mass is 263 g/mol. The molecule has 1 aliphatic carbocycles. The van der Waals surface area contributed by atoms with Gasteiger partial charge in [-0.1, -0.05) is 20.8 Å². The number of aromatic nitrogens is 2. The molecule has 1 aromatic rings. The number of nitrogens with two attached hydrogens (primary N) is 1. The van der Waals surface area contributed by atoms with Crippen LogP contribution in [0.25, 0.3) is 0 Å². The highest BCUT2D eigenvalue weighted by molar-refractivity contribution is 5.49. The van der Waals surface area contributed by atoms with E-state index in [-0.39, 0.29) is 11.0 Å². The lowest BCUT2D eigenvalue weighted by atomic mass is 9.95. The van der Waals surface area contributed by atoms with Gasteiger partial charge in [0.25, 0.3) is 0 Å². The largest absolute Gasteiger partial charge is 0.365 e. The third-order valence-corrected chi connectivity index (χ3v) is 3.59. The van der Waals surface area contributed by atoms with E-state index in [0.717, 1.165) is 17.6 Å². The summed E-state index contributed by atoms with van der Waals surface area (Å²) in [6.45, 7) is 10.7. The van der Waals surface area contributed by atoms with E-state index in [1.807, 2.05) is 6.07 Å². The van der Waals surface area contributed by atoms with Crippen LogP contribution in [0.15, 0.2) is 6.07 Å². The van der Waals surface area contributed by atoms with Crippen molar-refractivity contribution in [1.29, 1.82) is 0 Å². The van der Waals surface area contributed by atoms with Gasteiger partial charge >= 0.3 is 0 Å². The average Bonchev–Trinajstić information content (AvgIpc) is 3.10. The molecule has 1 aromatic heterocycles. The second-order valence-electron chi connectivity index (χ2n) is 6.98. The van der Waals surface area contributed by atoms with Crippen molar-refractivity contribution in [2.45, 2.75) is 58.4 Å². The molecule has 1 aliphatic rings. The molecule has 19 heavy (non-hydrogen) atoms. The summed E-state index contributed by atoms with van der Waals surface area (Å²) in [6, 6.07) is 1.86. The van der Waals surface area contributed by atoms with Crippen molar-refractivity contribution in [2.75, 3.05) is 10.7 Å². The fourth-order valence-corrected chi connectivity index (χ4v) is 2.16. The molecule has 1 fully saturated rings. The third kappa shape index (κ3) is 3.35. The smallest absolute Gasteiger partial charge is 0.145 e. The Labute approximate surface area is 115 Å². The van der Waals surface area contributed by atoms with Crippen LogP contribution in [-0.4, -0.2) is 15.5 Å². The first-order chi connectivity index (χ1) is 8.72. The van der Waals surface area contributed by atoms with Crippen LogP contribution < -0.4 is 16.6 Å². The molecule has 1 saturated carbocycles. The van der Waals surface area contributed by atoms with Crippen LogP contribution in [0.2, 0.25) is 0 Å². The topological polar surface area (TPSA) is 75.9 Å². The number of nitrogen functional groups attached to an aromatic ring is 1. The van der Waals surface area contributed by atoms with Crippen LogP contribution in [0.5, 0.6) is 0 Å². The van der Waals surface area contributed by atoms with Gasteiger partial charge in [-0.25, -0.2) is 15.8 Å². The summed E-state index contributed by atoms with van der Waals surface area (Å²) in [5.74, 6) is 8.50. The Morgan fingerprint density at radius 2 is 1.68 bits per heavy atom. The van der Waals surface area contributed by atoms with Crippen molar-refractivity contribution in [3.8, 4) is 0 Å². The van der Waals surface area contributed by atoms with Gasteiger partial charge in [0, 0.05) is 17.0 Å². The maximum absolute atomic E-state index is 5.50. The number of hydrazine groups is 1. The van der Waals surface area contributed by atoms with Crippen molar-refractivity contribution in [3.63, 3.8) is 0 Å². The third-order valence-electron chi connectivity index (χ3n) is 3.59. The van der Waals surface area contributed by atoms with Crippen molar-refractivity contribution < 1.29 is 0 Å². The Morgan fingerprint density at radius 3 is 2.16 bits per heavy atom. The van der Waals surface area contributed by atoms with E-state index < -0.39 is 0 Å². The second kappa shape index (κ2) is 4.63. The molecule has 4 N–H and O–H groups in total. The maximum atomic E-state index is 5.50. The predicted octanol–water partition coefficient (Wildman–Crippen LogP) is 2.66. The summed E-state index contributed by atoms with van der Waals surface area (Å²) in [5.41, 5.74) is 2.58. The summed E-state index contributed by atoms with van der Waals surface area (Å²) < 4.78 is 0. The highest BCUT2D eigenvalue weighted by atomic mass is 15.3. The number of rotatable bonds is 4. The Kier molecular flexibility index (Phi) is 3.43. The second-order valence-corrected chi connectivity index (χ2v) is 6.98. The SMILES string of the molecule is CC(C)(C)c1nc(NN)cc(NC(C)(C)C2CC2)n1. The molecular weight excluding hydrogens is 238 g/mol. The molecule has 0 aromatic carbocycles. The molecule has 0 atom stereocenters.